The van der Waals surface area contributed by atoms with E-state index in [0.717, 1.165) is 17.2 Å². The van der Waals surface area contributed by atoms with Crippen LogP contribution < -0.4 is 0 Å². The van der Waals surface area contributed by atoms with Gasteiger partial charge in [-0.3, -0.25) is 0 Å². The smallest absolute Gasteiger partial charge is 0.155 e. The second-order valence-corrected chi connectivity index (χ2v) is 5.37. The predicted octanol–water partition coefficient (Wildman–Crippen LogP) is 3.19. The number of imidazole rings is 1. The Kier molecular flexibility index (Phi) is 3.27. The van der Waals surface area contributed by atoms with Crippen molar-refractivity contribution in [2.24, 2.45) is 0 Å². The van der Waals surface area contributed by atoms with Gasteiger partial charge in [-0.1, -0.05) is 18.5 Å². The van der Waals surface area contributed by atoms with E-state index >= 15 is 0 Å². The minimum Gasteiger partial charge on any atom is -0.306 e. The standard InChI is InChI=1S/C14H18ClN3/c1-2-17-8-5-11(6-9-17)13-10-18-7-3-4-12(15)14(18)16-13/h3-4,7,10-11H,2,5-6,8-9H2,1H3. The van der Waals surface area contributed by atoms with Crippen molar-refractivity contribution in [3.05, 3.63) is 35.2 Å². The molecule has 0 bridgehead atoms. The van der Waals surface area contributed by atoms with Gasteiger partial charge in [0, 0.05) is 18.3 Å². The number of nitrogens with zero attached hydrogens (tertiary/aromatic N) is 3. The fourth-order valence-corrected chi connectivity index (χ4v) is 2.95. The SMILES string of the molecule is CCN1CCC(c2cn3cccc(Cl)c3n2)CC1. The molecule has 2 aromatic heterocycles. The highest BCUT2D eigenvalue weighted by molar-refractivity contribution is 6.33. The van der Waals surface area contributed by atoms with Gasteiger partial charge in [0.05, 0.1) is 10.7 Å². The van der Waals surface area contributed by atoms with Crippen LogP contribution in [0.25, 0.3) is 5.65 Å². The van der Waals surface area contributed by atoms with Crippen LogP contribution in [0.15, 0.2) is 24.5 Å². The van der Waals surface area contributed by atoms with Crippen molar-refractivity contribution in [2.45, 2.75) is 25.7 Å². The first-order valence-corrected chi connectivity index (χ1v) is 7.01. The summed E-state index contributed by atoms with van der Waals surface area (Å²) in [7, 11) is 0. The van der Waals surface area contributed by atoms with E-state index in [-0.39, 0.29) is 0 Å². The number of hydrogen-bond acceptors (Lipinski definition) is 2. The summed E-state index contributed by atoms with van der Waals surface area (Å²) in [5.41, 5.74) is 2.07. The summed E-state index contributed by atoms with van der Waals surface area (Å²) in [6, 6.07) is 3.85. The Hall–Kier alpha value is -1.06. The quantitative estimate of drug-likeness (QED) is 0.830. The Morgan fingerprint density at radius 2 is 2.17 bits per heavy atom. The maximum Gasteiger partial charge on any atom is 0.155 e. The average molecular weight is 264 g/mol. The molecule has 3 heterocycles. The third kappa shape index (κ3) is 2.13. The van der Waals surface area contributed by atoms with Gasteiger partial charge in [-0.05, 0) is 44.6 Å². The van der Waals surface area contributed by atoms with E-state index < -0.39 is 0 Å². The predicted molar refractivity (Wildman–Crippen MR) is 74.3 cm³/mol. The first-order valence-electron chi connectivity index (χ1n) is 6.63. The van der Waals surface area contributed by atoms with Gasteiger partial charge in [0.2, 0.25) is 0 Å². The summed E-state index contributed by atoms with van der Waals surface area (Å²) in [6.07, 6.45) is 6.55. The van der Waals surface area contributed by atoms with Crippen LogP contribution in [-0.4, -0.2) is 33.9 Å². The second-order valence-electron chi connectivity index (χ2n) is 4.96. The van der Waals surface area contributed by atoms with E-state index in [1.807, 2.05) is 22.7 Å². The number of rotatable bonds is 2. The molecule has 0 amide bonds. The lowest BCUT2D eigenvalue weighted by Gasteiger charge is -2.30. The molecule has 0 aromatic carbocycles. The highest BCUT2D eigenvalue weighted by atomic mass is 35.5. The van der Waals surface area contributed by atoms with E-state index in [1.165, 1.54) is 31.6 Å². The molecule has 18 heavy (non-hydrogen) atoms. The minimum absolute atomic E-state index is 0.587. The number of pyridine rings is 1. The Bertz CT molecular complexity index is 541. The van der Waals surface area contributed by atoms with Crippen molar-refractivity contribution in [2.75, 3.05) is 19.6 Å². The molecule has 3 rings (SSSR count). The van der Waals surface area contributed by atoms with E-state index in [2.05, 4.69) is 18.0 Å². The Morgan fingerprint density at radius 3 is 2.83 bits per heavy atom. The van der Waals surface area contributed by atoms with Crippen LogP contribution in [0.3, 0.4) is 0 Å². The molecule has 0 aliphatic carbocycles. The molecule has 3 nitrogen and oxygen atoms in total. The van der Waals surface area contributed by atoms with E-state index in [4.69, 9.17) is 16.6 Å². The lowest BCUT2D eigenvalue weighted by Crippen LogP contribution is -2.32. The zero-order valence-corrected chi connectivity index (χ0v) is 11.4. The van der Waals surface area contributed by atoms with Gasteiger partial charge in [-0.2, -0.15) is 0 Å². The Morgan fingerprint density at radius 1 is 1.39 bits per heavy atom. The van der Waals surface area contributed by atoms with Crippen molar-refractivity contribution in [3.63, 3.8) is 0 Å². The molecule has 1 aliphatic heterocycles. The van der Waals surface area contributed by atoms with Crippen LogP contribution in [0.5, 0.6) is 0 Å². The number of aromatic nitrogens is 2. The first kappa shape index (κ1) is 12.0. The first-order chi connectivity index (χ1) is 8.78. The van der Waals surface area contributed by atoms with Crippen molar-refractivity contribution in [1.82, 2.24) is 14.3 Å². The van der Waals surface area contributed by atoms with E-state index in [9.17, 15) is 0 Å². The third-order valence-electron chi connectivity index (χ3n) is 3.91. The molecule has 4 heteroatoms. The van der Waals surface area contributed by atoms with Crippen molar-refractivity contribution < 1.29 is 0 Å². The zero-order valence-electron chi connectivity index (χ0n) is 10.6. The summed E-state index contributed by atoms with van der Waals surface area (Å²) >= 11 is 6.16. The van der Waals surface area contributed by atoms with Crippen LogP contribution in [0.2, 0.25) is 5.02 Å². The van der Waals surface area contributed by atoms with Crippen molar-refractivity contribution >= 4 is 17.2 Å². The molecular formula is C14H18ClN3. The van der Waals surface area contributed by atoms with Crippen molar-refractivity contribution in [3.8, 4) is 0 Å². The maximum absolute atomic E-state index is 6.16. The van der Waals surface area contributed by atoms with E-state index in [1.54, 1.807) is 0 Å². The van der Waals surface area contributed by atoms with Gasteiger partial charge in [0.1, 0.15) is 0 Å². The van der Waals surface area contributed by atoms with Gasteiger partial charge in [-0.25, -0.2) is 4.98 Å². The maximum atomic E-state index is 6.16. The van der Waals surface area contributed by atoms with Crippen LogP contribution >= 0.6 is 11.6 Å². The highest BCUT2D eigenvalue weighted by Crippen LogP contribution is 2.28. The number of fused-ring (bicyclic) bond motifs is 1. The molecule has 1 aliphatic rings. The lowest BCUT2D eigenvalue weighted by atomic mass is 9.94. The number of likely N-dealkylation sites (tertiary alicyclic amines) is 1. The molecule has 0 saturated carbocycles. The highest BCUT2D eigenvalue weighted by Gasteiger charge is 2.22. The molecule has 1 fully saturated rings. The van der Waals surface area contributed by atoms with Gasteiger partial charge in [-0.15, -0.1) is 0 Å². The van der Waals surface area contributed by atoms with Crippen LogP contribution in [-0.2, 0) is 0 Å². The molecular weight excluding hydrogens is 246 g/mol. The monoisotopic (exact) mass is 263 g/mol. The molecule has 0 radical (unpaired) electrons. The average Bonchev–Trinajstić information content (AvgIpc) is 2.84. The summed E-state index contributed by atoms with van der Waals surface area (Å²) in [5.74, 6) is 0.587. The van der Waals surface area contributed by atoms with Gasteiger partial charge < -0.3 is 9.30 Å². The molecule has 2 aromatic rings. The summed E-state index contributed by atoms with van der Waals surface area (Å²) in [4.78, 5) is 7.20. The Balaban J connectivity index is 1.85. The molecule has 0 unspecified atom stereocenters. The number of halogens is 1. The molecule has 0 N–H and O–H groups in total. The Labute approximate surface area is 112 Å². The fourth-order valence-electron chi connectivity index (χ4n) is 2.74. The molecule has 0 spiro atoms. The van der Waals surface area contributed by atoms with Gasteiger partial charge >= 0.3 is 0 Å². The topological polar surface area (TPSA) is 20.5 Å². The lowest BCUT2D eigenvalue weighted by molar-refractivity contribution is 0.221. The largest absolute Gasteiger partial charge is 0.306 e. The molecule has 1 saturated heterocycles. The molecule has 0 atom stereocenters. The zero-order chi connectivity index (χ0) is 12.5. The second kappa shape index (κ2) is 4.90. The summed E-state index contributed by atoms with van der Waals surface area (Å²) in [6.45, 7) is 5.75. The third-order valence-corrected chi connectivity index (χ3v) is 4.20. The molecule has 96 valence electrons. The van der Waals surface area contributed by atoms with Gasteiger partial charge in [0.15, 0.2) is 5.65 Å². The summed E-state index contributed by atoms with van der Waals surface area (Å²) < 4.78 is 2.03. The fraction of sp³-hybridized carbons (Fsp3) is 0.500. The number of piperidine rings is 1. The van der Waals surface area contributed by atoms with Crippen LogP contribution in [0.1, 0.15) is 31.4 Å². The van der Waals surface area contributed by atoms with Crippen molar-refractivity contribution in [1.29, 1.82) is 0 Å². The van der Waals surface area contributed by atoms with Crippen LogP contribution in [0.4, 0.5) is 0 Å². The van der Waals surface area contributed by atoms with Crippen LogP contribution in [0, 0.1) is 0 Å². The van der Waals surface area contributed by atoms with Gasteiger partial charge in [0.25, 0.3) is 0 Å². The van der Waals surface area contributed by atoms with E-state index in [0.29, 0.717) is 5.92 Å². The number of hydrogen-bond donors (Lipinski definition) is 0. The minimum atomic E-state index is 0.587. The summed E-state index contributed by atoms with van der Waals surface area (Å²) in [5, 5.41) is 0.731. The normalized spacial score (nSPS) is 18.6.